The second-order valence-corrected chi connectivity index (χ2v) is 8.70. The third kappa shape index (κ3) is 5.16. The van der Waals surface area contributed by atoms with Crippen molar-refractivity contribution in [2.24, 2.45) is 4.99 Å². The number of fused-ring (bicyclic) bond motifs is 3. The van der Waals surface area contributed by atoms with Gasteiger partial charge in [0, 0.05) is 38.3 Å². The van der Waals surface area contributed by atoms with Crippen LogP contribution in [0.3, 0.4) is 0 Å². The van der Waals surface area contributed by atoms with Crippen molar-refractivity contribution in [1.82, 2.24) is 14.9 Å². The van der Waals surface area contributed by atoms with E-state index in [1.165, 1.54) is 41.5 Å². The Bertz CT molecular complexity index is 1060. The van der Waals surface area contributed by atoms with Gasteiger partial charge in [0.2, 0.25) is 5.95 Å². The zero-order chi connectivity index (χ0) is 22.3. The van der Waals surface area contributed by atoms with Gasteiger partial charge in [0.15, 0.2) is 0 Å². The second kappa shape index (κ2) is 10.4. The van der Waals surface area contributed by atoms with Gasteiger partial charge in [-0.1, -0.05) is 62.6 Å². The van der Waals surface area contributed by atoms with Crippen molar-refractivity contribution in [2.45, 2.75) is 44.9 Å². The van der Waals surface area contributed by atoms with Crippen LogP contribution in [0.15, 0.2) is 59.7 Å². The fourth-order valence-electron chi connectivity index (χ4n) is 4.25. The molecule has 4 rings (SSSR count). The Kier molecular flexibility index (Phi) is 7.15. The Labute approximate surface area is 191 Å². The van der Waals surface area contributed by atoms with Crippen molar-refractivity contribution in [3.8, 4) is 11.3 Å². The molecule has 1 atom stereocenters. The molecule has 0 spiro atoms. The Balaban J connectivity index is 1.56. The van der Waals surface area contributed by atoms with Crippen molar-refractivity contribution in [3.05, 3.63) is 71.4 Å². The molecule has 1 aliphatic carbocycles. The van der Waals surface area contributed by atoms with Crippen molar-refractivity contribution >= 4 is 18.0 Å². The first-order chi connectivity index (χ1) is 15.7. The predicted molar refractivity (Wildman–Crippen MR) is 134 cm³/mol. The molecule has 32 heavy (non-hydrogen) atoms. The highest BCUT2D eigenvalue weighted by atomic mass is 15.1. The second-order valence-electron chi connectivity index (χ2n) is 8.70. The fourth-order valence-corrected chi connectivity index (χ4v) is 4.25. The van der Waals surface area contributed by atoms with Crippen LogP contribution in [0.4, 0.5) is 11.6 Å². The van der Waals surface area contributed by atoms with Crippen LogP contribution in [0.5, 0.6) is 0 Å². The van der Waals surface area contributed by atoms with Crippen LogP contribution in [-0.2, 0) is 6.42 Å². The number of nitrogens with one attached hydrogen (secondary N) is 1. The SMILES string of the molecule is CCCCCCNc1ncc2c(n1)-c1ccccc1C(c1ccc(N=CN(C)C)cc1)C2. The average molecular weight is 428 g/mol. The first kappa shape index (κ1) is 22.0. The highest BCUT2D eigenvalue weighted by Gasteiger charge is 2.27. The van der Waals surface area contributed by atoms with Crippen LogP contribution in [0, 0.1) is 0 Å². The van der Waals surface area contributed by atoms with Gasteiger partial charge in [-0.05, 0) is 41.7 Å². The van der Waals surface area contributed by atoms with E-state index in [0.717, 1.165) is 36.7 Å². The molecule has 0 radical (unpaired) electrons. The van der Waals surface area contributed by atoms with Crippen molar-refractivity contribution < 1.29 is 0 Å². The summed E-state index contributed by atoms with van der Waals surface area (Å²) in [6.45, 7) is 3.16. The van der Waals surface area contributed by atoms with Gasteiger partial charge in [0.25, 0.3) is 0 Å². The molecular formula is C27H33N5. The minimum Gasteiger partial charge on any atom is -0.369 e. The third-order valence-electron chi connectivity index (χ3n) is 5.93. The van der Waals surface area contributed by atoms with E-state index in [1.54, 1.807) is 0 Å². The minimum absolute atomic E-state index is 0.294. The lowest BCUT2D eigenvalue weighted by atomic mass is 9.78. The summed E-state index contributed by atoms with van der Waals surface area (Å²) in [5.74, 6) is 1.03. The molecule has 0 aliphatic heterocycles. The quantitative estimate of drug-likeness (QED) is 0.257. The predicted octanol–water partition coefficient (Wildman–Crippen LogP) is 6.05. The number of hydrogen-bond donors (Lipinski definition) is 1. The topological polar surface area (TPSA) is 53.4 Å². The third-order valence-corrected chi connectivity index (χ3v) is 5.93. The van der Waals surface area contributed by atoms with Gasteiger partial charge in [-0.15, -0.1) is 0 Å². The smallest absolute Gasteiger partial charge is 0.223 e. The molecule has 1 heterocycles. The number of nitrogens with zero attached hydrogens (tertiary/aromatic N) is 4. The summed E-state index contributed by atoms with van der Waals surface area (Å²) in [6, 6.07) is 17.2. The van der Waals surface area contributed by atoms with Crippen LogP contribution in [0.1, 0.15) is 55.2 Å². The lowest BCUT2D eigenvalue weighted by Gasteiger charge is -2.27. The van der Waals surface area contributed by atoms with Crippen LogP contribution in [-0.4, -0.2) is 41.8 Å². The molecule has 5 nitrogen and oxygen atoms in total. The molecule has 1 aromatic heterocycles. The number of hydrogen-bond acceptors (Lipinski definition) is 4. The monoisotopic (exact) mass is 427 g/mol. The van der Waals surface area contributed by atoms with Gasteiger partial charge in [0.05, 0.1) is 17.7 Å². The van der Waals surface area contributed by atoms with Crippen LogP contribution in [0.25, 0.3) is 11.3 Å². The molecule has 1 aliphatic rings. The maximum atomic E-state index is 4.91. The molecule has 0 saturated carbocycles. The average Bonchev–Trinajstić information content (AvgIpc) is 2.82. The molecule has 166 valence electrons. The van der Waals surface area contributed by atoms with Crippen molar-refractivity contribution in [3.63, 3.8) is 0 Å². The van der Waals surface area contributed by atoms with E-state index >= 15 is 0 Å². The summed E-state index contributed by atoms with van der Waals surface area (Å²) in [7, 11) is 3.95. The van der Waals surface area contributed by atoms with E-state index in [0.29, 0.717) is 5.92 Å². The van der Waals surface area contributed by atoms with Crippen molar-refractivity contribution in [1.29, 1.82) is 0 Å². The Morgan fingerprint density at radius 3 is 2.66 bits per heavy atom. The summed E-state index contributed by atoms with van der Waals surface area (Å²) in [4.78, 5) is 16.0. The summed E-state index contributed by atoms with van der Waals surface area (Å²) >= 11 is 0. The molecule has 0 amide bonds. The fraction of sp³-hybridized carbons (Fsp3) is 0.370. The Hall–Kier alpha value is -3.21. The Morgan fingerprint density at radius 1 is 1.06 bits per heavy atom. The molecule has 1 N–H and O–H groups in total. The van der Waals surface area contributed by atoms with E-state index < -0.39 is 0 Å². The van der Waals surface area contributed by atoms with E-state index in [4.69, 9.17) is 4.98 Å². The van der Waals surface area contributed by atoms with Gasteiger partial charge in [-0.25, -0.2) is 15.0 Å². The maximum Gasteiger partial charge on any atom is 0.223 e. The molecule has 5 heteroatoms. The minimum atomic E-state index is 0.294. The van der Waals surface area contributed by atoms with E-state index in [9.17, 15) is 0 Å². The van der Waals surface area contributed by atoms with E-state index in [2.05, 4.69) is 70.7 Å². The zero-order valence-electron chi connectivity index (χ0n) is 19.4. The molecule has 0 bridgehead atoms. The highest BCUT2D eigenvalue weighted by molar-refractivity contribution is 5.72. The van der Waals surface area contributed by atoms with Crippen molar-refractivity contribution in [2.75, 3.05) is 26.0 Å². The molecular weight excluding hydrogens is 394 g/mol. The molecule has 0 saturated heterocycles. The summed E-state index contributed by atoms with van der Waals surface area (Å²) < 4.78 is 0. The lowest BCUT2D eigenvalue weighted by molar-refractivity contribution is 0.643. The summed E-state index contributed by atoms with van der Waals surface area (Å²) in [5, 5.41) is 3.41. The molecule has 1 unspecified atom stereocenters. The number of unbranched alkanes of at least 4 members (excludes halogenated alkanes) is 3. The van der Waals surface area contributed by atoms with Crippen LogP contribution < -0.4 is 5.32 Å². The first-order valence-corrected chi connectivity index (χ1v) is 11.7. The standard InChI is InChI=1S/C27H33N5/c1-4-5-6-9-16-28-27-29-18-21-17-25(23-10-7-8-11-24(23)26(21)31-27)20-12-14-22(15-13-20)30-19-32(2)3/h7-8,10-15,18-19,25H,4-6,9,16-17H2,1-3H3,(H,28,29,31). The summed E-state index contributed by atoms with van der Waals surface area (Å²) in [6.07, 6.45) is 9.68. The van der Waals surface area contributed by atoms with Gasteiger partial charge < -0.3 is 10.2 Å². The lowest BCUT2D eigenvalue weighted by Crippen LogP contribution is -2.15. The maximum absolute atomic E-state index is 4.91. The number of rotatable bonds is 9. The largest absolute Gasteiger partial charge is 0.369 e. The normalized spacial score (nSPS) is 14.8. The number of aliphatic imine (C=N–C) groups is 1. The number of anilines is 1. The van der Waals surface area contributed by atoms with Crippen LogP contribution in [0.2, 0.25) is 0 Å². The van der Waals surface area contributed by atoms with E-state index in [1.807, 2.05) is 31.5 Å². The van der Waals surface area contributed by atoms with Gasteiger partial charge in [-0.2, -0.15) is 0 Å². The van der Waals surface area contributed by atoms with Gasteiger partial charge in [-0.3, -0.25) is 0 Å². The molecule has 2 aromatic carbocycles. The zero-order valence-corrected chi connectivity index (χ0v) is 19.4. The Morgan fingerprint density at radius 2 is 1.88 bits per heavy atom. The van der Waals surface area contributed by atoms with Crippen LogP contribution >= 0.6 is 0 Å². The highest BCUT2D eigenvalue weighted by Crippen LogP contribution is 2.42. The number of aromatic nitrogens is 2. The summed E-state index contributed by atoms with van der Waals surface area (Å²) in [5.41, 5.74) is 7.08. The first-order valence-electron chi connectivity index (χ1n) is 11.7. The van der Waals surface area contributed by atoms with Gasteiger partial charge >= 0.3 is 0 Å². The molecule has 0 fully saturated rings. The molecule has 3 aromatic rings. The van der Waals surface area contributed by atoms with E-state index in [-0.39, 0.29) is 0 Å². The number of benzene rings is 2. The van der Waals surface area contributed by atoms with Gasteiger partial charge in [0.1, 0.15) is 0 Å².